The second kappa shape index (κ2) is 7.56. The number of halogens is 4. The molecule has 9 heteroatoms. The van der Waals surface area contributed by atoms with Crippen LogP contribution in [0.3, 0.4) is 0 Å². The minimum atomic E-state index is -4.52. The van der Waals surface area contributed by atoms with Crippen molar-refractivity contribution < 1.29 is 22.8 Å². The molecule has 0 aromatic heterocycles. The van der Waals surface area contributed by atoms with Gasteiger partial charge in [0.05, 0.1) is 26.6 Å². The number of nitro benzene ring substituents is 1. The number of hydrogen-bond acceptors (Lipinski definition) is 4. The van der Waals surface area contributed by atoms with Gasteiger partial charge in [-0.2, -0.15) is 13.2 Å². The number of ether oxygens (including phenoxy) is 1. The van der Waals surface area contributed by atoms with Crippen molar-refractivity contribution in [3.8, 4) is 11.5 Å². The van der Waals surface area contributed by atoms with Crippen molar-refractivity contribution in [2.24, 2.45) is 4.99 Å². The number of hydrogen-bond donors (Lipinski definition) is 0. The molecule has 5 nitrogen and oxygen atoms in total. The number of nitro groups is 1. The maximum atomic E-state index is 12.7. The third-order valence-electron chi connectivity index (χ3n) is 3.27. The van der Waals surface area contributed by atoms with Crippen molar-refractivity contribution in [1.82, 2.24) is 0 Å². The molecule has 2 aromatic carbocycles. The summed E-state index contributed by atoms with van der Waals surface area (Å²) < 4.78 is 43.6. The molecular weight excluding hydrogens is 385 g/mol. The third-order valence-corrected chi connectivity index (χ3v) is 3.57. The van der Waals surface area contributed by atoms with E-state index in [4.69, 9.17) is 16.3 Å². The van der Waals surface area contributed by atoms with E-state index in [1.165, 1.54) is 24.4 Å². The number of rotatable bonds is 4. The Morgan fingerprint density at radius 2 is 1.81 bits per heavy atom. The highest BCUT2D eigenvalue weighted by Gasteiger charge is 2.31. The molecule has 0 aliphatic heterocycles. The van der Waals surface area contributed by atoms with Crippen LogP contribution in [-0.2, 0) is 6.18 Å². The summed E-state index contributed by atoms with van der Waals surface area (Å²) in [6, 6.07) is 6.63. The first-order chi connectivity index (χ1) is 12.4. The molecule has 0 atom stereocenters. The van der Waals surface area contributed by atoms with Crippen LogP contribution in [0.2, 0.25) is 5.02 Å². The van der Waals surface area contributed by atoms with Crippen LogP contribution in [-0.4, -0.2) is 16.7 Å². The van der Waals surface area contributed by atoms with Gasteiger partial charge in [0.25, 0.3) is 5.69 Å². The lowest BCUT2D eigenvalue weighted by molar-refractivity contribution is -0.385. The van der Waals surface area contributed by atoms with Crippen LogP contribution in [0.25, 0.3) is 0 Å². The van der Waals surface area contributed by atoms with Crippen molar-refractivity contribution in [3.05, 3.63) is 62.7 Å². The highest BCUT2D eigenvalue weighted by molar-refractivity contribution is 6.32. The Hall–Kier alpha value is -2.61. The van der Waals surface area contributed by atoms with Crippen molar-refractivity contribution in [2.45, 2.75) is 32.5 Å². The quantitative estimate of drug-likeness (QED) is 0.345. The second-order valence-corrected chi connectivity index (χ2v) is 7.06. The minimum absolute atomic E-state index is 0.00256. The predicted molar refractivity (Wildman–Crippen MR) is 97.0 cm³/mol. The lowest BCUT2D eigenvalue weighted by atomic mass is 10.1. The van der Waals surface area contributed by atoms with Crippen molar-refractivity contribution >= 4 is 23.5 Å². The molecule has 0 aliphatic rings. The molecule has 144 valence electrons. The van der Waals surface area contributed by atoms with E-state index in [0.29, 0.717) is 0 Å². The monoisotopic (exact) mass is 400 g/mol. The van der Waals surface area contributed by atoms with Gasteiger partial charge in [0.15, 0.2) is 0 Å². The molecule has 0 saturated carbocycles. The smallest absolute Gasteiger partial charge is 0.416 e. The van der Waals surface area contributed by atoms with Crippen LogP contribution in [0.15, 0.2) is 41.4 Å². The van der Waals surface area contributed by atoms with E-state index in [-0.39, 0.29) is 27.8 Å². The standard InChI is InChI=1S/C18H16ClF3N2O3/c1-17(2,3)23-10-11-8-13(5-6-15(11)24(25)26)27-16-7-4-12(9-14(16)19)18(20,21)22/h4-10H,1-3H3. The molecule has 0 heterocycles. The molecule has 0 N–H and O–H groups in total. The predicted octanol–water partition coefficient (Wildman–Crippen LogP) is 6.28. The second-order valence-electron chi connectivity index (χ2n) is 6.65. The topological polar surface area (TPSA) is 64.7 Å². The molecule has 0 fully saturated rings. The normalized spacial score (nSPS) is 12.4. The molecule has 0 bridgehead atoms. The van der Waals surface area contributed by atoms with Gasteiger partial charge in [0.1, 0.15) is 11.5 Å². The van der Waals surface area contributed by atoms with Crippen LogP contribution in [0, 0.1) is 10.1 Å². The Morgan fingerprint density at radius 3 is 2.33 bits per heavy atom. The van der Waals surface area contributed by atoms with Crippen molar-refractivity contribution in [3.63, 3.8) is 0 Å². The minimum Gasteiger partial charge on any atom is -0.456 e. The van der Waals surface area contributed by atoms with Gasteiger partial charge >= 0.3 is 6.18 Å². The lowest BCUT2D eigenvalue weighted by Crippen LogP contribution is -2.10. The SMILES string of the molecule is CC(C)(C)N=Cc1cc(Oc2ccc(C(F)(F)F)cc2Cl)ccc1[N+](=O)[O-]. The summed E-state index contributed by atoms with van der Waals surface area (Å²) in [5.74, 6) is 0.176. The van der Waals surface area contributed by atoms with Crippen molar-refractivity contribution in [1.29, 1.82) is 0 Å². The largest absolute Gasteiger partial charge is 0.456 e. The van der Waals surface area contributed by atoms with E-state index in [2.05, 4.69) is 4.99 Å². The fourth-order valence-corrected chi connectivity index (χ4v) is 2.23. The summed E-state index contributed by atoms with van der Waals surface area (Å²) in [5.41, 5.74) is -1.31. The van der Waals surface area contributed by atoms with E-state index in [1.54, 1.807) is 0 Å². The zero-order valence-electron chi connectivity index (χ0n) is 14.7. The van der Waals surface area contributed by atoms with Gasteiger partial charge in [-0.05, 0) is 51.1 Å². The molecule has 0 saturated heterocycles. The first-order valence-electron chi connectivity index (χ1n) is 7.75. The summed E-state index contributed by atoms with van der Waals surface area (Å²) in [6.07, 6.45) is -3.16. The first kappa shape index (κ1) is 20.7. The highest BCUT2D eigenvalue weighted by Crippen LogP contribution is 2.37. The Morgan fingerprint density at radius 1 is 1.15 bits per heavy atom. The van der Waals surface area contributed by atoms with Gasteiger partial charge in [0.2, 0.25) is 0 Å². The Bertz CT molecular complexity index is 890. The maximum Gasteiger partial charge on any atom is 0.416 e. The van der Waals surface area contributed by atoms with E-state index in [1.807, 2.05) is 20.8 Å². The van der Waals surface area contributed by atoms with Crippen LogP contribution in [0.5, 0.6) is 11.5 Å². The zero-order valence-corrected chi connectivity index (χ0v) is 15.4. The Balaban J connectivity index is 2.37. The van der Waals surface area contributed by atoms with Crippen LogP contribution >= 0.6 is 11.6 Å². The molecule has 0 aliphatic carbocycles. The van der Waals surface area contributed by atoms with Gasteiger partial charge in [0, 0.05) is 12.3 Å². The van der Waals surface area contributed by atoms with Gasteiger partial charge < -0.3 is 4.74 Å². The van der Waals surface area contributed by atoms with Crippen LogP contribution < -0.4 is 4.74 Å². The summed E-state index contributed by atoms with van der Waals surface area (Å²) in [6.45, 7) is 5.49. The van der Waals surface area contributed by atoms with E-state index in [9.17, 15) is 23.3 Å². The Labute approximate surface area is 158 Å². The van der Waals surface area contributed by atoms with Gasteiger partial charge in [-0.1, -0.05) is 11.6 Å². The summed E-state index contributed by atoms with van der Waals surface area (Å²) in [4.78, 5) is 14.9. The van der Waals surface area contributed by atoms with E-state index < -0.39 is 22.2 Å². The molecule has 2 rings (SSSR count). The van der Waals surface area contributed by atoms with Gasteiger partial charge in [-0.25, -0.2) is 0 Å². The maximum absolute atomic E-state index is 12.7. The van der Waals surface area contributed by atoms with E-state index >= 15 is 0 Å². The average Bonchev–Trinajstić information content (AvgIpc) is 2.53. The zero-order chi connectivity index (χ0) is 20.4. The van der Waals surface area contributed by atoms with Crippen LogP contribution in [0.4, 0.5) is 18.9 Å². The van der Waals surface area contributed by atoms with Gasteiger partial charge in [-0.3, -0.25) is 15.1 Å². The molecular formula is C18H16ClF3N2O3. The molecule has 0 amide bonds. The summed E-state index contributed by atoms with van der Waals surface area (Å²) in [5, 5.41) is 10.9. The van der Waals surface area contributed by atoms with Crippen LogP contribution in [0.1, 0.15) is 31.9 Å². The molecule has 2 aromatic rings. The number of aliphatic imine (C=N–C) groups is 1. The lowest BCUT2D eigenvalue weighted by Gasteiger charge is -2.12. The Kier molecular flexibility index (Phi) is 5.79. The first-order valence-corrected chi connectivity index (χ1v) is 8.13. The average molecular weight is 401 g/mol. The summed E-state index contributed by atoms with van der Waals surface area (Å²) >= 11 is 5.87. The molecule has 0 radical (unpaired) electrons. The molecule has 0 unspecified atom stereocenters. The molecule has 0 spiro atoms. The molecule has 27 heavy (non-hydrogen) atoms. The van der Waals surface area contributed by atoms with Crippen molar-refractivity contribution in [2.75, 3.05) is 0 Å². The van der Waals surface area contributed by atoms with Gasteiger partial charge in [-0.15, -0.1) is 0 Å². The number of alkyl halides is 3. The third kappa shape index (κ3) is 5.68. The highest BCUT2D eigenvalue weighted by atomic mass is 35.5. The van der Waals surface area contributed by atoms with E-state index in [0.717, 1.165) is 18.2 Å². The fourth-order valence-electron chi connectivity index (χ4n) is 2.02. The summed E-state index contributed by atoms with van der Waals surface area (Å²) in [7, 11) is 0. The number of nitrogens with zero attached hydrogens (tertiary/aromatic N) is 2. The number of benzene rings is 2. The fraction of sp³-hybridized carbons (Fsp3) is 0.278.